The lowest BCUT2D eigenvalue weighted by molar-refractivity contribution is -0.115. The van der Waals surface area contributed by atoms with Gasteiger partial charge in [-0.2, -0.15) is 0 Å². The molecule has 0 spiro atoms. The number of anilines is 1. The molecule has 1 amide bonds. The number of hydrogen-bond donors (Lipinski definition) is 2. The predicted molar refractivity (Wildman–Crippen MR) is 67.3 cm³/mol. The van der Waals surface area contributed by atoms with E-state index < -0.39 is 0 Å². The van der Waals surface area contributed by atoms with Crippen molar-refractivity contribution in [3.63, 3.8) is 0 Å². The maximum absolute atomic E-state index is 11.4. The molecular formula is C10H9BrClN3O. The lowest BCUT2D eigenvalue weighted by Gasteiger charge is -2.06. The zero-order chi connectivity index (χ0) is 12.0. The number of carbonyl (C=O) groups is 1. The highest BCUT2D eigenvalue weighted by atomic mass is 79.9. The van der Waals surface area contributed by atoms with Crippen molar-refractivity contribution in [2.75, 3.05) is 18.4 Å². The summed E-state index contributed by atoms with van der Waals surface area (Å²) in [4.78, 5) is 15.3. The molecule has 0 aliphatic heterocycles. The molecule has 16 heavy (non-hydrogen) atoms. The Hall–Kier alpha value is -1.09. The lowest BCUT2D eigenvalue weighted by atomic mass is 10.4. The molecule has 0 aliphatic carbocycles. The molecule has 1 rings (SSSR count). The highest BCUT2D eigenvalue weighted by Gasteiger charge is 2.06. The second-order valence-electron chi connectivity index (χ2n) is 2.85. The number of rotatable bonds is 4. The van der Waals surface area contributed by atoms with Gasteiger partial charge in [0.25, 0.3) is 0 Å². The minimum atomic E-state index is -0.225. The quantitative estimate of drug-likeness (QED) is 0.505. The smallest absolute Gasteiger partial charge is 0.238 e. The Bertz CT molecular complexity index is 431. The number of aromatic nitrogens is 1. The third-order valence-electron chi connectivity index (χ3n) is 1.59. The van der Waals surface area contributed by atoms with Gasteiger partial charge < -0.3 is 5.32 Å². The van der Waals surface area contributed by atoms with Crippen molar-refractivity contribution in [2.45, 2.75) is 0 Å². The van der Waals surface area contributed by atoms with E-state index in [-0.39, 0.29) is 17.6 Å². The molecule has 0 fully saturated rings. The van der Waals surface area contributed by atoms with Crippen LogP contribution in [0.2, 0.25) is 5.15 Å². The standard InChI is InChI=1S/C10H9BrClN3O/c1-2-3-13-6-9(16)15-8-4-7(11)5-14-10(8)12/h1,4-5,13H,3,6H2,(H,15,16). The molecule has 0 aromatic carbocycles. The monoisotopic (exact) mass is 301 g/mol. The minimum Gasteiger partial charge on any atom is -0.322 e. The van der Waals surface area contributed by atoms with E-state index in [0.717, 1.165) is 4.47 Å². The fraction of sp³-hybridized carbons (Fsp3) is 0.200. The first kappa shape index (κ1) is 13.0. The molecule has 0 radical (unpaired) electrons. The second-order valence-corrected chi connectivity index (χ2v) is 4.12. The van der Waals surface area contributed by atoms with Crippen LogP contribution < -0.4 is 10.6 Å². The van der Waals surface area contributed by atoms with Gasteiger partial charge in [-0.05, 0) is 22.0 Å². The minimum absolute atomic E-state index is 0.132. The molecule has 0 atom stereocenters. The van der Waals surface area contributed by atoms with Crippen LogP contribution in [-0.4, -0.2) is 24.0 Å². The van der Waals surface area contributed by atoms with E-state index in [9.17, 15) is 4.79 Å². The maximum atomic E-state index is 11.4. The predicted octanol–water partition coefficient (Wildman–Crippen LogP) is 1.66. The summed E-state index contributed by atoms with van der Waals surface area (Å²) in [6.45, 7) is 0.477. The van der Waals surface area contributed by atoms with E-state index >= 15 is 0 Å². The Labute approximate surface area is 107 Å². The number of halogens is 2. The lowest BCUT2D eigenvalue weighted by Crippen LogP contribution is -2.28. The zero-order valence-electron chi connectivity index (χ0n) is 8.26. The van der Waals surface area contributed by atoms with Crippen molar-refractivity contribution < 1.29 is 4.79 Å². The second kappa shape index (κ2) is 6.48. The first-order valence-corrected chi connectivity index (χ1v) is 5.55. The normalized spacial score (nSPS) is 9.56. The Morgan fingerprint density at radius 3 is 3.12 bits per heavy atom. The third kappa shape index (κ3) is 4.19. The van der Waals surface area contributed by atoms with Crippen LogP contribution in [0.5, 0.6) is 0 Å². The van der Waals surface area contributed by atoms with Crippen LogP contribution in [0, 0.1) is 12.3 Å². The molecule has 0 bridgehead atoms. The molecule has 0 saturated carbocycles. The van der Waals surface area contributed by atoms with Gasteiger partial charge in [-0.3, -0.25) is 10.1 Å². The van der Waals surface area contributed by atoms with Crippen molar-refractivity contribution in [3.05, 3.63) is 21.9 Å². The third-order valence-corrected chi connectivity index (χ3v) is 2.33. The summed E-state index contributed by atoms with van der Waals surface area (Å²) < 4.78 is 0.740. The van der Waals surface area contributed by atoms with Gasteiger partial charge >= 0.3 is 0 Å². The first-order chi connectivity index (χ1) is 7.63. The first-order valence-electron chi connectivity index (χ1n) is 4.38. The van der Waals surface area contributed by atoms with Crippen LogP contribution in [0.1, 0.15) is 0 Å². The highest BCUT2D eigenvalue weighted by molar-refractivity contribution is 9.10. The molecule has 0 aliphatic rings. The van der Waals surface area contributed by atoms with Gasteiger partial charge in [0.1, 0.15) is 0 Å². The van der Waals surface area contributed by atoms with Gasteiger partial charge in [0.2, 0.25) is 5.91 Å². The van der Waals surface area contributed by atoms with E-state index in [1.807, 2.05) is 0 Å². The number of nitrogens with zero attached hydrogens (tertiary/aromatic N) is 1. The largest absolute Gasteiger partial charge is 0.322 e. The summed E-state index contributed by atoms with van der Waals surface area (Å²) in [7, 11) is 0. The molecule has 0 unspecified atom stereocenters. The molecule has 4 nitrogen and oxygen atoms in total. The summed E-state index contributed by atoms with van der Waals surface area (Å²) in [5, 5.41) is 5.63. The van der Waals surface area contributed by atoms with E-state index in [1.165, 1.54) is 0 Å². The summed E-state index contributed by atoms with van der Waals surface area (Å²) in [5.74, 6) is 2.15. The Balaban J connectivity index is 2.56. The number of terminal acetylenes is 1. The fourth-order valence-corrected chi connectivity index (χ4v) is 1.43. The number of pyridine rings is 1. The molecule has 1 aromatic heterocycles. The SMILES string of the molecule is C#CCNCC(=O)Nc1cc(Br)cnc1Cl. The molecule has 1 aromatic rings. The number of amides is 1. The molecular weight excluding hydrogens is 293 g/mol. The summed E-state index contributed by atoms with van der Waals surface area (Å²) in [6.07, 6.45) is 6.58. The average Bonchev–Trinajstić information content (AvgIpc) is 2.24. The Kier molecular flexibility index (Phi) is 5.26. The topological polar surface area (TPSA) is 54.0 Å². The van der Waals surface area contributed by atoms with Gasteiger partial charge in [0.05, 0.1) is 18.8 Å². The summed E-state index contributed by atoms with van der Waals surface area (Å²) >= 11 is 9.04. The number of carbonyl (C=O) groups excluding carboxylic acids is 1. The van der Waals surface area contributed by atoms with Crippen molar-refractivity contribution in [3.8, 4) is 12.3 Å². The molecule has 1 heterocycles. The van der Waals surface area contributed by atoms with Crippen LogP contribution in [0.25, 0.3) is 0 Å². The van der Waals surface area contributed by atoms with E-state index in [4.69, 9.17) is 18.0 Å². The van der Waals surface area contributed by atoms with Gasteiger partial charge in [-0.1, -0.05) is 17.5 Å². The highest BCUT2D eigenvalue weighted by Crippen LogP contribution is 2.22. The van der Waals surface area contributed by atoms with Crippen LogP contribution in [0.4, 0.5) is 5.69 Å². The van der Waals surface area contributed by atoms with E-state index in [0.29, 0.717) is 12.2 Å². The van der Waals surface area contributed by atoms with Crippen LogP contribution in [0.15, 0.2) is 16.7 Å². The van der Waals surface area contributed by atoms with E-state index in [2.05, 4.69) is 37.5 Å². The van der Waals surface area contributed by atoms with Crippen molar-refractivity contribution in [1.29, 1.82) is 0 Å². The van der Waals surface area contributed by atoms with Gasteiger partial charge in [0.15, 0.2) is 5.15 Å². The average molecular weight is 303 g/mol. The van der Waals surface area contributed by atoms with Crippen LogP contribution in [0.3, 0.4) is 0 Å². The van der Waals surface area contributed by atoms with E-state index in [1.54, 1.807) is 12.3 Å². The van der Waals surface area contributed by atoms with Crippen LogP contribution in [-0.2, 0) is 4.79 Å². The van der Waals surface area contributed by atoms with Crippen molar-refractivity contribution >= 4 is 39.1 Å². The fourth-order valence-electron chi connectivity index (χ4n) is 0.953. The molecule has 84 valence electrons. The Morgan fingerprint density at radius 2 is 2.44 bits per heavy atom. The maximum Gasteiger partial charge on any atom is 0.238 e. The summed E-state index contributed by atoms with van der Waals surface area (Å²) in [5.41, 5.74) is 0.462. The molecule has 6 heteroatoms. The van der Waals surface area contributed by atoms with Crippen molar-refractivity contribution in [2.24, 2.45) is 0 Å². The van der Waals surface area contributed by atoms with Crippen molar-refractivity contribution in [1.82, 2.24) is 10.3 Å². The zero-order valence-corrected chi connectivity index (χ0v) is 10.6. The van der Waals surface area contributed by atoms with Gasteiger partial charge in [-0.15, -0.1) is 6.42 Å². The Morgan fingerprint density at radius 1 is 1.69 bits per heavy atom. The van der Waals surface area contributed by atoms with Gasteiger partial charge in [-0.25, -0.2) is 4.98 Å². The molecule has 0 saturated heterocycles. The number of nitrogens with one attached hydrogen (secondary N) is 2. The van der Waals surface area contributed by atoms with Crippen LogP contribution >= 0.6 is 27.5 Å². The number of hydrogen-bond acceptors (Lipinski definition) is 3. The summed E-state index contributed by atoms with van der Waals surface area (Å²) in [6, 6.07) is 1.68. The van der Waals surface area contributed by atoms with Gasteiger partial charge in [0, 0.05) is 10.7 Å². The molecule has 2 N–H and O–H groups in total.